The van der Waals surface area contributed by atoms with Crippen LogP contribution in [-0.4, -0.2) is 49.5 Å². The zero-order valence-electron chi connectivity index (χ0n) is 16.1. The van der Waals surface area contributed by atoms with E-state index < -0.39 is 0 Å². The van der Waals surface area contributed by atoms with Gasteiger partial charge in [-0.05, 0) is 57.0 Å². The molecule has 1 atom stereocenters. The lowest BCUT2D eigenvalue weighted by molar-refractivity contribution is -0.128. The molecular formula is C20H31N3O3. The molecule has 0 spiro atoms. The summed E-state index contributed by atoms with van der Waals surface area (Å²) in [6.45, 7) is 6.75. The number of nitrogens with one attached hydrogen (secondary N) is 2. The molecule has 1 aromatic carbocycles. The van der Waals surface area contributed by atoms with E-state index in [2.05, 4.69) is 22.5 Å². The van der Waals surface area contributed by atoms with E-state index in [1.165, 1.54) is 0 Å². The standard InChI is InChI=1S/C20H31N3O3/c1-4-10-21-20(25)17-8-11-23(12-9-17)15(2)19(24)22-14-16-6-5-7-18(13-16)26-3/h5-7,13,15,17H,4,8-12,14H2,1-3H3,(H,21,25)(H,22,24). The molecule has 1 aromatic rings. The molecule has 2 rings (SSSR count). The van der Waals surface area contributed by atoms with E-state index in [4.69, 9.17) is 4.74 Å². The topological polar surface area (TPSA) is 70.7 Å². The molecule has 26 heavy (non-hydrogen) atoms. The van der Waals surface area contributed by atoms with Crippen LogP contribution in [0.3, 0.4) is 0 Å². The summed E-state index contributed by atoms with van der Waals surface area (Å²) in [6, 6.07) is 7.49. The maximum Gasteiger partial charge on any atom is 0.237 e. The number of ether oxygens (including phenoxy) is 1. The van der Waals surface area contributed by atoms with Gasteiger partial charge in [0, 0.05) is 19.0 Å². The lowest BCUT2D eigenvalue weighted by Crippen LogP contribution is -2.49. The number of hydrogen-bond donors (Lipinski definition) is 2. The van der Waals surface area contributed by atoms with Crippen molar-refractivity contribution in [2.75, 3.05) is 26.7 Å². The summed E-state index contributed by atoms with van der Waals surface area (Å²) >= 11 is 0. The Hall–Kier alpha value is -2.08. The number of hydrogen-bond acceptors (Lipinski definition) is 4. The fourth-order valence-corrected chi connectivity index (χ4v) is 3.23. The van der Waals surface area contributed by atoms with Crippen molar-refractivity contribution in [3.63, 3.8) is 0 Å². The summed E-state index contributed by atoms with van der Waals surface area (Å²) in [5.41, 5.74) is 1.01. The van der Waals surface area contributed by atoms with Crippen molar-refractivity contribution in [2.45, 2.75) is 45.7 Å². The molecule has 1 aliphatic rings. The Kier molecular flexibility index (Phi) is 7.91. The third kappa shape index (κ3) is 5.73. The van der Waals surface area contributed by atoms with Crippen LogP contribution in [0, 0.1) is 5.92 Å². The van der Waals surface area contributed by atoms with Gasteiger partial charge in [-0.2, -0.15) is 0 Å². The van der Waals surface area contributed by atoms with Crippen LogP contribution >= 0.6 is 0 Å². The molecule has 0 aromatic heterocycles. The first kappa shape index (κ1) is 20.2. The SMILES string of the molecule is CCCNC(=O)C1CCN(C(C)C(=O)NCc2cccc(OC)c2)CC1. The number of likely N-dealkylation sites (tertiary alicyclic amines) is 1. The highest BCUT2D eigenvalue weighted by atomic mass is 16.5. The predicted molar refractivity (Wildman–Crippen MR) is 102 cm³/mol. The van der Waals surface area contributed by atoms with Gasteiger partial charge >= 0.3 is 0 Å². The molecule has 2 N–H and O–H groups in total. The van der Waals surface area contributed by atoms with Gasteiger partial charge in [-0.1, -0.05) is 19.1 Å². The normalized spacial score (nSPS) is 16.7. The number of carbonyl (C=O) groups excluding carboxylic acids is 2. The fraction of sp³-hybridized carbons (Fsp3) is 0.600. The molecule has 6 heteroatoms. The molecule has 0 aliphatic carbocycles. The van der Waals surface area contributed by atoms with Gasteiger partial charge in [0.15, 0.2) is 0 Å². The Morgan fingerprint density at radius 2 is 2.00 bits per heavy atom. The highest BCUT2D eigenvalue weighted by Gasteiger charge is 2.29. The minimum Gasteiger partial charge on any atom is -0.497 e. The van der Waals surface area contributed by atoms with Crippen LogP contribution in [0.5, 0.6) is 5.75 Å². The Morgan fingerprint density at radius 3 is 2.65 bits per heavy atom. The molecule has 144 valence electrons. The summed E-state index contributed by atoms with van der Waals surface area (Å²) in [5.74, 6) is 1.03. The predicted octanol–water partition coefficient (Wildman–Crippen LogP) is 1.94. The first-order chi connectivity index (χ1) is 12.5. The van der Waals surface area contributed by atoms with Crippen molar-refractivity contribution in [1.29, 1.82) is 0 Å². The van der Waals surface area contributed by atoms with E-state index in [0.717, 1.165) is 50.2 Å². The lowest BCUT2D eigenvalue weighted by Gasteiger charge is -2.34. The molecule has 1 heterocycles. The van der Waals surface area contributed by atoms with Crippen LogP contribution in [-0.2, 0) is 16.1 Å². The minimum atomic E-state index is -0.194. The van der Waals surface area contributed by atoms with Crippen molar-refractivity contribution in [2.24, 2.45) is 5.92 Å². The van der Waals surface area contributed by atoms with Crippen LogP contribution in [0.2, 0.25) is 0 Å². The van der Waals surface area contributed by atoms with E-state index in [1.54, 1.807) is 7.11 Å². The van der Waals surface area contributed by atoms with Gasteiger partial charge in [0.1, 0.15) is 5.75 Å². The highest BCUT2D eigenvalue weighted by molar-refractivity contribution is 5.81. The van der Waals surface area contributed by atoms with Crippen LogP contribution in [0.25, 0.3) is 0 Å². The van der Waals surface area contributed by atoms with Gasteiger partial charge in [0.2, 0.25) is 11.8 Å². The number of amides is 2. The van der Waals surface area contributed by atoms with Crippen molar-refractivity contribution < 1.29 is 14.3 Å². The van der Waals surface area contributed by atoms with Crippen LogP contribution in [0.15, 0.2) is 24.3 Å². The minimum absolute atomic E-state index is 0.0155. The Balaban J connectivity index is 1.77. The largest absolute Gasteiger partial charge is 0.497 e. The molecule has 0 saturated carbocycles. The summed E-state index contributed by atoms with van der Waals surface area (Å²) in [4.78, 5) is 26.7. The van der Waals surface area contributed by atoms with E-state index in [9.17, 15) is 9.59 Å². The molecule has 6 nitrogen and oxygen atoms in total. The number of methoxy groups -OCH3 is 1. The Morgan fingerprint density at radius 1 is 1.27 bits per heavy atom. The van der Waals surface area contributed by atoms with Crippen molar-refractivity contribution in [3.8, 4) is 5.75 Å². The number of piperidine rings is 1. The number of rotatable bonds is 8. The fourth-order valence-electron chi connectivity index (χ4n) is 3.23. The van der Waals surface area contributed by atoms with Crippen molar-refractivity contribution >= 4 is 11.8 Å². The number of carbonyl (C=O) groups is 2. The zero-order valence-corrected chi connectivity index (χ0v) is 16.1. The van der Waals surface area contributed by atoms with Gasteiger partial charge < -0.3 is 15.4 Å². The second-order valence-electron chi connectivity index (χ2n) is 6.85. The first-order valence-corrected chi connectivity index (χ1v) is 9.47. The van der Waals surface area contributed by atoms with Gasteiger partial charge in [-0.15, -0.1) is 0 Å². The molecule has 1 fully saturated rings. The van der Waals surface area contributed by atoms with Crippen molar-refractivity contribution in [1.82, 2.24) is 15.5 Å². The highest BCUT2D eigenvalue weighted by Crippen LogP contribution is 2.19. The molecule has 0 radical (unpaired) electrons. The second kappa shape index (κ2) is 10.2. The van der Waals surface area contributed by atoms with E-state index in [-0.39, 0.29) is 23.8 Å². The van der Waals surface area contributed by atoms with Crippen LogP contribution in [0.1, 0.15) is 38.7 Å². The number of benzene rings is 1. The van der Waals surface area contributed by atoms with E-state index in [0.29, 0.717) is 6.54 Å². The Bertz CT molecular complexity index is 598. The summed E-state index contributed by atoms with van der Waals surface area (Å²) in [5, 5.41) is 5.96. The molecule has 1 saturated heterocycles. The molecule has 2 amide bonds. The smallest absolute Gasteiger partial charge is 0.237 e. The lowest BCUT2D eigenvalue weighted by atomic mass is 9.95. The summed E-state index contributed by atoms with van der Waals surface area (Å²) < 4.78 is 5.20. The first-order valence-electron chi connectivity index (χ1n) is 9.47. The molecule has 0 bridgehead atoms. The zero-order chi connectivity index (χ0) is 18.9. The summed E-state index contributed by atoms with van der Waals surface area (Å²) in [6.07, 6.45) is 2.57. The van der Waals surface area contributed by atoms with E-state index >= 15 is 0 Å². The Labute approximate surface area is 156 Å². The average Bonchev–Trinajstić information content (AvgIpc) is 2.69. The second-order valence-corrected chi connectivity index (χ2v) is 6.85. The maximum atomic E-state index is 12.5. The van der Waals surface area contributed by atoms with Gasteiger partial charge in [0.05, 0.1) is 13.2 Å². The monoisotopic (exact) mass is 361 g/mol. The van der Waals surface area contributed by atoms with Gasteiger partial charge in [-0.3, -0.25) is 14.5 Å². The van der Waals surface area contributed by atoms with Crippen LogP contribution < -0.4 is 15.4 Å². The molecule has 1 aliphatic heterocycles. The van der Waals surface area contributed by atoms with Gasteiger partial charge in [0.25, 0.3) is 0 Å². The van der Waals surface area contributed by atoms with Gasteiger partial charge in [-0.25, -0.2) is 0 Å². The third-order valence-electron chi connectivity index (χ3n) is 4.98. The number of nitrogens with zero attached hydrogens (tertiary/aromatic N) is 1. The quantitative estimate of drug-likeness (QED) is 0.742. The third-order valence-corrected chi connectivity index (χ3v) is 4.98. The maximum absolute atomic E-state index is 12.5. The molecular weight excluding hydrogens is 330 g/mol. The van der Waals surface area contributed by atoms with Crippen molar-refractivity contribution in [3.05, 3.63) is 29.8 Å². The van der Waals surface area contributed by atoms with Crippen LogP contribution in [0.4, 0.5) is 0 Å². The van der Waals surface area contributed by atoms with E-state index in [1.807, 2.05) is 31.2 Å². The summed E-state index contributed by atoms with van der Waals surface area (Å²) in [7, 11) is 1.63. The average molecular weight is 361 g/mol. The molecule has 1 unspecified atom stereocenters.